The molecule has 1 aliphatic rings. The van der Waals surface area contributed by atoms with Gasteiger partial charge in [0.25, 0.3) is 5.91 Å². The molecule has 0 bridgehead atoms. The third kappa shape index (κ3) is 3.13. The average molecular weight is 338 g/mol. The SMILES string of the molecule is COc1ccc2c(c1)OC[C@@H](CNC(=O)c1ccc3n[nH]nc3c1)C2. The zero-order chi connectivity index (χ0) is 17.2. The minimum atomic E-state index is -0.120. The number of nitrogens with one attached hydrogen (secondary N) is 2. The van der Waals surface area contributed by atoms with Gasteiger partial charge in [-0.3, -0.25) is 4.79 Å². The molecule has 1 aliphatic heterocycles. The molecule has 2 aromatic carbocycles. The van der Waals surface area contributed by atoms with E-state index in [-0.39, 0.29) is 11.8 Å². The van der Waals surface area contributed by atoms with Crippen molar-refractivity contribution in [3.8, 4) is 11.5 Å². The van der Waals surface area contributed by atoms with Crippen molar-refractivity contribution in [2.75, 3.05) is 20.3 Å². The predicted octanol–water partition coefficient (Wildman–Crippen LogP) is 1.95. The van der Waals surface area contributed by atoms with E-state index >= 15 is 0 Å². The van der Waals surface area contributed by atoms with Gasteiger partial charge in [0.15, 0.2) is 0 Å². The second-order valence-electron chi connectivity index (χ2n) is 6.09. The van der Waals surface area contributed by atoms with Crippen molar-refractivity contribution in [2.45, 2.75) is 6.42 Å². The van der Waals surface area contributed by atoms with E-state index in [1.165, 1.54) is 0 Å². The Morgan fingerprint density at radius 2 is 2.16 bits per heavy atom. The van der Waals surface area contributed by atoms with Crippen molar-refractivity contribution in [1.82, 2.24) is 20.7 Å². The Balaban J connectivity index is 1.38. The number of nitrogens with zero attached hydrogens (tertiary/aromatic N) is 2. The second-order valence-corrected chi connectivity index (χ2v) is 6.09. The van der Waals surface area contributed by atoms with Crippen molar-refractivity contribution in [2.24, 2.45) is 5.92 Å². The molecule has 0 saturated carbocycles. The third-order valence-electron chi connectivity index (χ3n) is 4.39. The lowest BCUT2D eigenvalue weighted by Gasteiger charge is -2.25. The summed E-state index contributed by atoms with van der Waals surface area (Å²) in [6, 6.07) is 11.1. The van der Waals surface area contributed by atoms with Crippen LogP contribution in [0.2, 0.25) is 0 Å². The van der Waals surface area contributed by atoms with Gasteiger partial charge in [0.05, 0.1) is 13.7 Å². The Bertz CT molecular complexity index is 922. The molecule has 7 heteroatoms. The summed E-state index contributed by atoms with van der Waals surface area (Å²) in [5.74, 6) is 1.76. The zero-order valence-corrected chi connectivity index (χ0v) is 13.8. The Morgan fingerprint density at radius 3 is 3.04 bits per heavy atom. The van der Waals surface area contributed by atoms with Gasteiger partial charge in [-0.2, -0.15) is 15.4 Å². The standard InChI is InChI=1S/C18H18N4O3/c1-24-14-4-2-12-6-11(10-25-17(12)8-14)9-19-18(23)13-3-5-15-16(7-13)21-22-20-15/h2-5,7-8,11H,6,9-10H2,1H3,(H,19,23)(H,20,21,22)/t11-/m1/s1. The van der Waals surface area contributed by atoms with Gasteiger partial charge in [-0.05, 0) is 36.2 Å². The highest BCUT2D eigenvalue weighted by atomic mass is 16.5. The maximum atomic E-state index is 12.4. The molecule has 0 radical (unpaired) electrons. The van der Waals surface area contributed by atoms with Crippen molar-refractivity contribution in [1.29, 1.82) is 0 Å². The fourth-order valence-electron chi connectivity index (χ4n) is 2.99. The molecule has 1 aromatic heterocycles. The molecule has 0 fully saturated rings. The monoisotopic (exact) mass is 338 g/mol. The van der Waals surface area contributed by atoms with E-state index in [4.69, 9.17) is 9.47 Å². The maximum Gasteiger partial charge on any atom is 0.251 e. The lowest BCUT2D eigenvalue weighted by molar-refractivity contribution is 0.0939. The van der Waals surface area contributed by atoms with Crippen LogP contribution in [0, 0.1) is 5.92 Å². The normalized spacial score (nSPS) is 16.1. The number of hydrogen-bond donors (Lipinski definition) is 2. The van der Waals surface area contributed by atoms with Crippen molar-refractivity contribution >= 4 is 16.9 Å². The first-order chi connectivity index (χ1) is 12.2. The van der Waals surface area contributed by atoms with E-state index in [0.29, 0.717) is 24.2 Å². The summed E-state index contributed by atoms with van der Waals surface area (Å²) in [7, 11) is 1.64. The van der Waals surface area contributed by atoms with Gasteiger partial charge < -0.3 is 14.8 Å². The van der Waals surface area contributed by atoms with E-state index in [1.54, 1.807) is 25.3 Å². The number of amides is 1. The van der Waals surface area contributed by atoms with E-state index in [0.717, 1.165) is 29.0 Å². The van der Waals surface area contributed by atoms with Gasteiger partial charge in [-0.15, -0.1) is 0 Å². The highest BCUT2D eigenvalue weighted by Gasteiger charge is 2.21. The topological polar surface area (TPSA) is 89.1 Å². The van der Waals surface area contributed by atoms with Gasteiger partial charge in [0.1, 0.15) is 22.5 Å². The summed E-state index contributed by atoms with van der Waals surface area (Å²) in [5, 5.41) is 13.5. The first-order valence-corrected chi connectivity index (χ1v) is 8.11. The van der Waals surface area contributed by atoms with E-state index in [1.807, 2.05) is 18.2 Å². The van der Waals surface area contributed by atoms with Gasteiger partial charge in [-0.1, -0.05) is 6.07 Å². The number of benzene rings is 2. The lowest BCUT2D eigenvalue weighted by atomic mass is 9.96. The molecular weight excluding hydrogens is 320 g/mol. The number of ether oxygens (including phenoxy) is 2. The Labute approximate surface area is 144 Å². The van der Waals surface area contributed by atoms with Crippen molar-refractivity contribution in [3.63, 3.8) is 0 Å². The van der Waals surface area contributed by atoms with Gasteiger partial charge >= 0.3 is 0 Å². The number of fused-ring (bicyclic) bond motifs is 2. The summed E-state index contributed by atoms with van der Waals surface area (Å²) in [4.78, 5) is 12.4. The molecule has 4 rings (SSSR count). The number of methoxy groups -OCH3 is 1. The van der Waals surface area contributed by atoms with Gasteiger partial charge in [-0.25, -0.2) is 0 Å². The van der Waals surface area contributed by atoms with Crippen LogP contribution in [0.25, 0.3) is 11.0 Å². The molecule has 2 heterocycles. The Morgan fingerprint density at radius 1 is 1.28 bits per heavy atom. The molecule has 3 aromatic rings. The minimum Gasteiger partial charge on any atom is -0.497 e. The first-order valence-electron chi connectivity index (χ1n) is 8.11. The van der Waals surface area contributed by atoms with Crippen LogP contribution in [-0.4, -0.2) is 41.6 Å². The predicted molar refractivity (Wildman–Crippen MR) is 91.9 cm³/mol. The number of H-pyrrole nitrogens is 1. The number of rotatable bonds is 4. The second kappa shape index (κ2) is 6.43. The van der Waals surface area contributed by atoms with Crippen LogP contribution in [0.3, 0.4) is 0 Å². The first kappa shape index (κ1) is 15.4. The molecule has 0 spiro atoms. The summed E-state index contributed by atoms with van der Waals surface area (Å²) in [6.07, 6.45) is 0.863. The van der Waals surface area contributed by atoms with Crippen molar-refractivity contribution in [3.05, 3.63) is 47.5 Å². The van der Waals surface area contributed by atoms with Gasteiger partial charge in [0, 0.05) is 24.1 Å². The summed E-state index contributed by atoms with van der Waals surface area (Å²) in [6.45, 7) is 1.13. The molecule has 0 saturated heterocycles. The molecule has 1 amide bonds. The average Bonchev–Trinajstić information content (AvgIpc) is 3.13. The van der Waals surface area contributed by atoms with Crippen molar-refractivity contribution < 1.29 is 14.3 Å². The fourth-order valence-corrected chi connectivity index (χ4v) is 2.99. The molecule has 0 unspecified atom stereocenters. The number of carbonyl (C=O) groups excluding carboxylic acids is 1. The summed E-state index contributed by atoms with van der Waals surface area (Å²) >= 11 is 0. The smallest absolute Gasteiger partial charge is 0.251 e. The molecule has 7 nitrogen and oxygen atoms in total. The van der Waals surface area contributed by atoms with E-state index in [2.05, 4.69) is 20.7 Å². The van der Waals surface area contributed by atoms with E-state index in [9.17, 15) is 4.79 Å². The molecule has 128 valence electrons. The highest BCUT2D eigenvalue weighted by Crippen LogP contribution is 2.30. The van der Waals surface area contributed by atoms with Crippen LogP contribution >= 0.6 is 0 Å². The number of hydrogen-bond acceptors (Lipinski definition) is 5. The van der Waals surface area contributed by atoms with Crippen LogP contribution in [0.5, 0.6) is 11.5 Å². The van der Waals surface area contributed by atoms with Crippen LogP contribution in [0.1, 0.15) is 15.9 Å². The van der Waals surface area contributed by atoms with Crippen LogP contribution in [0.15, 0.2) is 36.4 Å². The number of aromatic nitrogens is 3. The Kier molecular flexibility index (Phi) is 3.97. The third-order valence-corrected chi connectivity index (χ3v) is 4.39. The molecule has 1 atom stereocenters. The maximum absolute atomic E-state index is 12.4. The Hall–Kier alpha value is -3.09. The van der Waals surface area contributed by atoms with Crippen LogP contribution in [-0.2, 0) is 6.42 Å². The molecule has 25 heavy (non-hydrogen) atoms. The molecular formula is C18H18N4O3. The van der Waals surface area contributed by atoms with Crippen LogP contribution < -0.4 is 14.8 Å². The molecule has 2 N–H and O–H groups in total. The zero-order valence-electron chi connectivity index (χ0n) is 13.8. The largest absolute Gasteiger partial charge is 0.497 e. The van der Waals surface area contributed by atoms with Crippen LogP contribution in [0.4, 0.5) is 0 Å². The van der Waals surface area contributed by atoms with E-state index < -0.39 is 0 Å². The highest BCUT2D eigenvalue weighted by molar-refractivity contribution is 5.97. The fraction of sp³-hybridized carbons (Fsp3) is 0.278. The quantitative estimate of drug-likeness (QED) is 0.759. The minimum absolute atomic E-state index is 0.120. The summed E-state index contributed by atoms with van der Waals surface area (Å²) in [5.41, 5.74) is 3.12. The number of carbonyl (C=O) groups is 1. The number of aromatic amines is 1. The summed E-state index contributed by atoms with van der Waals surface area (Å²) < 4.78 is 11.0. The molecule has 0 aliphatic carbocycles. The van der Waals surface area contributed by atoms with Gasteiger partial charge in [0.2, 0.25) is 0 Å². The lowest BCUT2D eigenvalue weighted by Crippen LogP contribution is -2.34.